The monoisotopic (exact) mass is 376 g/mol. The molecular weight excluding hydrogens is 348 g/mol. The Morgan fingerprint density at radius 1 is 0.536 bits per heavy atom. The largest absolute Gasteiger partial charge is 0.375 e. The quantitative estimate of drug-likeness (QED) is 0.558. The summed E-state index contributed by atoms with van der Waals surface area (Å²) >= 11 is 0. The lowest BCUT2D eigenvalue weighted by molar-refractivity contribution is 0.106. The first-order valence-corrected chi connectivity index (χ1v) is 9.57. The molecule has 0 spiro atoms. The molecule has 0 bridgehead atoms. The number of ether oxygens (including phenoxy) is 2. The fourth-order valence-electron chi connectivity index (χ4n) is 2.93. The van der Waals surface area contributed by atoms with Crippen LogP contribution in [0.25, 0.3) is 0 Å². The summed E-state index contributed by atoms with van der Waals surface area (Å²) < 4.78 is 11.5. The summed E-state index contributed by atoms with van der Waals surface area (Å²) in [7, 11) is 0. The molecule has 3 rings (SSSR count). The van der Waals surface area contributed by atoms with E-state index in [1.165, 1.54) is 0 Å². The lowest BCUT2D eigenvalue weighted by atomic mass is 10.1. The van der Waals surface area contributed by atoms with E-state index in [1.807, 2.05) is 60.7 Å². The summed E-state index contributed by atoms with van der Waals surface area (Å²) in [5.74, 6) is 0. The average molecular weight is 376 g/mol. The Morgan fingerprint density at radius 3 is 1.25 bits per heavy atom. The second kappa shape index (κ2) is 10.7. The molecule has 3 aromatic rings. The van der Waals surface area contributed by atoms with E-state index in [4.69, 9.17) is 20.9 Å². The first-order chi connectivity index (χ1) is 13.7. The number of benzene rings is 3. The maximum Gasteiger partial charge on any atom is 0.0717 e. The average Bonchev–Trinajstić information content (AvgIpc) is 2.76. The van der Waals surface area contributed by atoms with Crippen molar-refractivity contribution in [3.8, 4) is 0 Å². The molecule has 0 fully saturated rings. The lowest BCUT2D eigenvalue weighted by Crippen LogP contribution is -2.17. The van der Waals surface area contributed by atoms with Gasteiger partial charge in [0.1, 0.15) is 0 Å². The van der Waals surface area contributed by atoms with Gasteiger partial charge in [0.05, 0.1) is 38.5 Å². The summed E-state index contributed by atoms with van der Waals surface area (Å²) in [6.45, 7) is 2.07. The van der Waals surface area contributed by atoms with Gasteiger partial charge in [-0.3, -0.25) is 0 Å². The highest BCUT2D eigenvalue weighted by Gasteiger charge is 2.07. The Labute approximate surface area is 167 Å². The van der Waals surface area contributed by atoms with Crippen molar-refractivity contribution in [2.75, 3.05) is 13.2 Å². The summed E-state index contributed by atoms with van der Waals surface area (Å²) in [6, 6.07) is 28.0. The van der Waals surface area contributed by atoms with Crippen molar-refractivity contribution in [3.63, 3.8) is 0 Å². The van der Waals surface area contributed by atoms with Crippen LogP contribution in [0.1, 0.15) is 34.3 Å². The summed E-state index contributed by atoms with van der Waals surface area (Å²) in [4.78, 5) is 0. The van der Waals surface area contributed by atoms with Crippen molar-refractivity contribution in [1.82, 2.24) is 0 Å². The zero-order valence-electron chi connectivity index (χ0n) is 16.0. The molecule has 0 aliphatic rings. The highest BCUT2D eigenvalue weighted by atomic mass is 16.5. The van der Waals surface area contributed by atoms with Crippen LogP contribution in [0, 0.1) is 0 Å². The zero-order valence-corrected chi connectivity index (χ0v) is 16.0. The van der Waals surface area contributed by atoms with Crippen molar-refractivity contribution < 1.29 is 9.47 Å². The third-order valence-corrected chi connectivity index (χ3v) is 4.61. The van der Waals surface area contributed by atoms with E-state index in [1.54, 1.807) is 0 Å². The van der Waals surface area contributed by atoms with E-state index in [2.05, 4.69) is 24.3 Å². The molecule has 146 valence electrons. The molecule has 0 aliphatic carbocycles. The van der Waals surface area contributed by atoms with Crippen LogP contribution in [0.15, 0.2) is 84.9 Å². The lowest BCUT2D eigenvalue weighted by Gasteiger charge is -2.13. The van der Waals surface area contributed by atoms with Crippen molar-refractivity contribution in [2.45, 2.75) is 25.3 Å². The number of rotatable bonds is 10. The van der Waals surface area contributed by atoms with Gasteiger partial charge in [0.25, 0.3) is 0 Å². The minimum absolute atomic E-state index is 0.109. The normalized spacial score (nSPS) is 13.2. The van der Waals surface area contributed by atoms with Gasteiger partial charge in [0, 0.05) is 0 Å². The molecule has 28 heavy (non-hydrogen) atoms. The molecule has 0 saturated carbocycles. The molecule has 3 aromatic carbocycles. The molecule has 4 N–H and O–H groups in total. The maximum absolute atomic E-state index is 6.15. The van der Waals surface area contributed by atoms with Crippen LogP contribution < -0.4 is 11.5 Å². The molecule has 4 nitrogen and oxygen atoms in total. The van der Waals surface area contributed by atoms with Gasteiger partial charge in [0.15, 0.2) is 0 Å². The van der Waals surface area contributed by atoms with Gasteiger partial charge in [-0.25, -0.2) is 0 Å². The Hall–Kier alpha value is -2.50. The summed E-state index contributed by atoms with van der Waals surface area (Å²) in [6.07, 6.45) is 0. The molecule has 0 radical (unpaired) electrons. The van der Waals surface area contributed by atoms with Crippen molar-refractivity contribution in [2.24, 2.45) is 11.5 Å². The fraction of sp³-hybridized carbons (Fsp3) is 0.250. The molecule has 0 amide bonds. The van der Waals surface area contributed by atoms with Gasteiger partial charge in [-0.2, -0.15) is 0 Å². The predicted molar refractivity (Wildman–Crippen MR) is 112 cm³/mol. The van der Waals surface area contributed by atoms with Gasteiger partial charge < -0.3 is 20.9 Å². The van der Waals surface area contributed by atoms with E-state index in [0.717, 1.165) is 22.3 Å². The molecule has 0 aliphatic heterocycles. The van der Waals surface area contributed by atoms with Crippen LogP contribution in [-0.4, -0.2) is 13.2 Å². The molecule has 0 saturated heterocycles. The van der Waals surface area contributed by atoms with Crippen molar-refractivity contribution >= 4 is 0 Å². The number of hydrogen-bond acceptors (Lipinski definition) is 4. The van der Waals surface area contributed by atoms with E-state index in [9.17, 15) is 0 Å². The molecule has 4 heteroatoms. The second-order valence-electron chi connectivity index (χ2n) is 6.88. The highest BCUT2D eigenvalue weighted by molar-refractivity contribution is 5.22. The number of nitrogens with two attached hydrogens (primary N) is 2. The van der Waals surface area contributed by atoms with Gasteiger partial charge in [-0.1, -0.05) is 84.9 Å². The van der Waals surface area contributed by atoms with Crippen LogP contribution >= 0.6 is 0 Å². The zero-order chi connectivity index (χ0) is 19.6. The SMILES string of the molecule is NC(COCc1ccc(COCC(N)c2ccccc2)cc1)c1ccccc1. The Bertz CT molecular complexity index is 737. The molecule has 2 unspecified atom stereocenters. The second-order valence-corrected chi connectivity index (χ2v) is 6.88. The minimum atomic E-state index is -0.109. The van der Waals surface area contributed by atoms with Crippen molar-refractivity contribution in [3.05, 3.63) is 107 Å². The Kier molecular flexibility index (Phi) is 7.76. The standard InChI is InChI=1S/C24H28N2O2/c25-23(21-7-3-1-4-8-21)17-27-15-19-11-13-20(14-12-19)16-28-18-24(26)22-9-5-2-6-10-22/h1-14,23-24H,15-18,25-26H2. The van der Waals surface area contributed by atoms with Crippen LogP contribution in [-0.2, 0) is 22.7 Å². The third kappa shape index (κ3) is 6.29. The minimum Gasteiger partial charge on any atom is -0.375 e. The topological polar surface area (TPSA) is 70.5 Å². The summed E-state index contributed by atoms with van der Waals surface area (Å²) in [5.41, 5.74) is 16.7. The van der Waals surface area contributed by atoms with Gasteiger partial charge in [-0.05, 0) is 22.3 Å². The number of hydrogen-bond donors (Lipinski definition) is 2. The van der Waals surface area contributed by atoms with Crippen LogP contribution in [0.2, 0.25) is 0 Å². The van der Waals surface area contributed by atoms with Crippen LogP contribution in [0.3, 0.4) is 0 Å². The van der Waals surface area contributed by atoms with Gasteiger partial charge in [-0.15, -0.1) is 0 Å². The van der Waals surface area contributed by atoms with Crippen LogP contribution in [0.5, 0.6) is 0 Å². The van der Waals surface area contributed by atoms with Crippen molar-refractivity contribution in [1.29, 1.82) is 0 Å². The van der Waals surface area contributed by atoms with E-state index in [-0.39, 0.29) is 12.1 Å². The highest BCUT2D eigenvalue weighted by Crippen LogP contribution is 2.13. The van der Waals surface area contributed by atoms with Gasteiger partial charge >= 0.3 is 0 Å². The van der Waals surface area contributed by atoms with E-state index >= 15 is 0 Å². The maximum atomic E-state index is 6.15. The van der Waals surface area contributed by atoms with E-state index in [0.29, 0.717) is 26.4 Å². The molecule has 0 heterocycles. The fourth-order valence-corrected chi connectivity index (χ4v) is 2.93. The Balaban J connectivity index is 1.37. The van der Waals surface area contributed by atoms with E-state index < -0.39 is 0 Å². The third-order valence-electron chi connectivity index (χ3n) is 4.61. The molecular formula is C24H28N2O2. The predicted octanol–water partition coefficient (Wildman–Crippen LogP) is 4.12. The first-order valence-electron chi connectivity index (χ1n) is 9.57. The molecule has 0 aromatic heterocycles. The first kappa shape index (κ1) is 20.2. The van der Waals surface area contributed by atoms with Gasteiger partial charge in [0.2, 0.25) is 0 Å². The molecule has 2 atom stereocenters. The smallest absolute Gasteiger partial charge is 0.0717 e. The van der Waals surface area contributed by atoms with Crippen LogP contribution in [0.4, 0.5) is 0 Å². The Morgan fingerprint density at radius 2 is 0.893 bits per heavy atom. The summed E-state index contributed by atoms with van der Waals surface area (Å²) in [5, 5.41) is 0.